The van der Waals surface area contributed by atoms with Crippen LogP contribution in [0.3, 0.4) is 0 Å². The molecule has 0 bridgehead atoms. The van der Waals surface area contributed by atoms with Crippen LogP contribution in [0.2, 0.25) is 10.0 Å². The Bertz CT molecular complexity index is 391. The molecular weight excluding hydrogens is 269 g/mol. The van der Waals surface area contributed by atoms with Crippen molar-refractivity contribution in [2.24, 2.45) is 5.92 Å². The molecule has 4 heteroatoms. The first-order valence-electron chi connectivity index (χ1n) is 6.40. The van der Waals surface area contributed by atoms with Crippen LogP contribution in [0, 0.1) is 5.92 Å². The summed E-state index contributed by atoms with van der Waals surface area (Å²) >= 11 is 12.3. The van der Waals surface area contributed by atoms with E-state index in [0.717, 1.165) is 48.1 Å². The number of rotatable bonds is 4. The largest absolute Gasteiger partial charge is 0.381 e. The summed E-state index contributed by atoms with van der Waals surface area (Å²) in [5.41, 5.74) is 1.10. The van der Waals surface area contributed by atoms with E-state index in [1.807, 2.05) is 25.2 Å². The summed E-state index contributed by atoms with van der Waals surface area (Å²) in [4.78, 5) is 0. The number of halogens is 2. The van der Waals surface area contributed by atoms with Crippen molar-refractivity contribution < 1.29 is 4.74 Å². The van der Waals surface area contributed by atoms with E-state index in [9.17, 15) is 0 Å². The molecule has 1 saturated heterocycles. The Morgan fingerprint density at radius 1 is 1.33 bits per heavy atom. The monoisotopic (exact) mass is 287 g/mol. The Labute approximate surface area is 119 Å². The van der Waals surface area contributed by atoms with Gasteiger partial charge >= 0.3 is 0 Å². The third-order valence-electron chi connectivity index (χ3n) is 3.59. The minimum absolute atomic E-state index is 0.263. The standard InChI is InChI=1S/C14H19Cl2NO/c1-17-14(8-10-4-6-18-7-5-10)12-9-11(15)2-3-13(12)16/h2-3,9-10,14,17H,4-8H2,1H3. The van der Waals surface area contributed by atoms with Gasteiger partial charge in [0.2, 0.25) is 0 Å². The van der Waals surface area contributed by atoms with E-state index in [1.54, 1.807) is 0 Å². The normalized spacial score (nSPS) is 18.8. The van der Waals surface area contributed by atoms with E-state index < -0.39 is 0 Å². The molecule has 2 nitrogen and oxygen atoms in total. The Balaban J connectivity index is 2.09. The highest BCUT2D eigenvalue weighted by atomic mass is 35.5. The van der Waals surface area contributed by atoms with E-state index in [4.69, 9.17) is 27.9 Å². The van der Waals surface area contributed by atoms with Gasteiger partial charge in [0, 0.05) is 29.3 Å². The Morgan fingerprint density at radius 2 is 2.06 bits per heavy atom. The van der Waals surface area contributed by atoms with Crippen molar-refractivity contribution in [2.45, 2.75) is 25.3 Å². The lowest BCUT2D eigenvalue weighted by molar-refractivity contribution is 0.0608. The molecule has 1 aliphatic heterocycles. The van der Waals surface area contributed by atoms with Crippen molar-refractivity contribution in [3.8, 4) is 0 Å². The first-order chi connectivity index (χ1) is 8.70. The summed E-state index contributed by atoms with van der Waals surface area (Å²) in [6.07, 6.45) is 3.35. The highest BCUT2D eigenvalue weighted by Gasteiger charge is 2.21. The number of nitrogens with one attached hydrogen (secondary N) is 1. The lowest BCUT2D eigenvalue weighted by Gasteiger charge is -2.27. The summed E-state index contributed by atoms with van der Waals surface area (Å²) in [6.45, 7) is 1.76. The molecule has 1 unspecified atom stereocenters. The fourth-order valence-corrected chi connectivity index (χ4v) is 2.93. The van der Waals surface area contributed by atoms with Gasteiger partial charge in [-0.2, -0.15) is 0 Å². The maximum Gasteiger partial charge on any atom is 0.0468 e. The number of ether oxygens (including phenoxy) is 1. The van der Waals surface area contributed by atoms with Crippen molar-refractivity contribution in [3.05, 3.63) is 33.8 Å². The Kier molecular flexibility index (Phi) is 5.31. The molecule has 1 atom stereocenters. The van der Waals surface area contributed by atoms with Crippen LogP contribution < -0.4 is 5.32 Å². The van der Waals surface area contributed by atoms with Crippen LogP contribution in [-0.4, -0.2) is 20.3 Å². The van der Waals surface area contributed by atoms with E-state index in [-0.39, 0.29) is 6.04 Å². The maximum absolute atomic E-state index is 6.26. The first kappa shape index (κ1) is 14.1. The lowest BCUT2D eigenvalue weighted by atomic mass is 9.89. The fourth-order valence-electron chi connectivity index (χ4n) is 2.50. The molecule has 100 valence electrons. The smallest absolute Gasteiger partial charge is 0.0468 e. The SMILES string of the molecule is CNC(CC1CCOCC1)c1cc(Cl)ccc1Cl. The highest BCUT2D eigenvalue weighted by Crippen LogP contribution is 2.32. The predicted molar refractivity (Wildman–Crippen MR) is 76.4 cm³/mol. The van der Waals surface area contributed by atoms with Crippen LogP contribution in [0.5, 0.6) is 0 Å². The molecule has 0 spiro atoms. The van der Waals surface area contributed by atoms with Crippen molar-refractivity contribution in [2.75, 3.05) is 20.3 Å². The zero-order valence-corrected chi connectivity index (χ0v) is 12.1. The van der Waals surface area contributed by atoms with Gasteiger partial charge in [-0.1, -0.05) is 23.2 Å². The number of hydrogen-bond acceptors (Lipinski definition) is 2. The van der Waals surface area contributed by atoms with Gasteiger partial charge in [0.1, 0.15) is 0 Å². The van der Waals surface area contributed by atoms with Gasteiger partial charge < -0.3 is 10.1 Å². The van der Waals surface area contributed by atoms with E-state index in [0.29, 0.717) is 5.92 Å². The van der Waals surface area contributed by atoms with Gasteiger partial charge in [0.05, 0.1) is 0 Å². The summed E-state index contributed by atoms with van der Waals surface area (Å²) in [5, 5.41) is 4.87. The van der Waals surface area contributed by atoms with Crippen molar-refractivity contribution >= 4 is 23.2 Å². The molecular formula is C14H19Cl2NO. The van der Waals surface area contributed by atoms with E-state index in [2.05, 4.69) is 5.32 Å². The molecule has 1 aromatic carbocycles. The zero-order valence-electron chi connectivity index (χ0n) is 10.6. The van der Waals surface area contributed by atoms with Gasteiger partial charge in [-0.3, -0.25) is 0 Å². The molecule has 2 rings (SSSR count). The molecule has 1 aromatic rings. The summed E-state index contributed by atoms with van der Waals surface area (Å²) in [6, 6.07) is 5.92. The van der Waals surface area contributed by atoms with Crippen molar-refractivity contribution in [1.82, 2.24) is 5.32 Å². The third-order valence-corrected chi connectivity index (χ3v) is 4.17. The molecule has 1 aliphatic rings. The molecule has 0 aromatic heterocycles. The third kappa shape index (κ3) is 3.61. The summed E-state index contributed by atoms with van der Waals surface area (Å²) in [7, 11) is 1.97. The second-order valence-corrected chi connectivity index (χ2v) is 5.64. The molecule has 0 aliphatic carbocycles. The first-order valence-corrected chi connectivity index (χ1v) is 7.16. The number of hydrogen-bond donors (Lipinski definition) is 1. The lowest BCUT2D eigenvalue weighted by Crippen LogP contribution is -2.24. The quantitative estimate of drug-likeness (QED) is 0.901. The fraction of sp³-hybridized carbons (Fsp3) is 0.571. The van der Waals surface area contributed by atoms with Crippen molar-refractivity contribution in [3.63, 3.8) is 0 Å². The van der Waals surface area contributed by atoms with Gasteiger partial charge in [-0.25, -0.2) is 0 Å². The number of benzene rings is 1. The summed E-state index contributed by atoms with van der Waals surface area (Å²) < 4.78 is 5.40. The zero-order chi connectivity index (χ0) is 13.0. The molecule has 0 amide bonds. The summed E-state index contributed by atoms with van der Waals surface area (Å²) in [5.74, 6) is 0.700. The molecule has 1 N–H and O–H groups in total. The Hall–Kier alpha value is -0.280. The topological polar surface area (TPSA) is 21.3 Å². The van der Waals surface area contributed by atoms with E-state index >= 15 is 0 Å². The second-order valence-electron chi connectivity index (χ2n) is 4.80. The minimum atomic E-state index is 0.263. The van der Waals surface area contributed by atoms with Gasteiger partial charge in [-0.05, 0) is 56.0 Å². The van der Waals surface area contributed by atoms with Crippen molar-refractivity contribution in [1.29, 1.82) is 0 Å². The van der Waals surface area contributed by atoms with Crippen LogP contribution in [0.25, 0.3) is 0 Å². The van der Waals surface area contributed by atoms with Gasteiger partial charge in [0.15, 0.2) is 0 Å². The molecule has 1 heterocycles. The Morgan fingerprint density at radius 3 is 2.72 bits per heavy atom. The minimum Gasteiger partial charge on any atom is -0.381 e. The molecule has 0 radical (unpaired) electrons. The average Bonchev–Trinajstić information content (AvgIpc) is 2.40. The van der Waals surface area contributed by atoms with Gasteiger partial charge in [0.25, 0.3) is 0 Å². The highest BCUT2D eigenvalue weighted by molar-refractivity contribution is 6.33. The molecule has 18 heavy (non-hydrogen) atoms. The predicted octanol–water partition coefficient (Wildman–Crippen LogP) is 4.07. The second kappa shape index (κ2) is 6.76. The van der Waals surface area contributed by atoms with Crippen LogP contribution in [0.15, 0.2) is 18.2 Å². The molecule has 0 saturated carbocycles. The van der Waals surface area contributed by atoms with Crippen LogP contribution >= 0.6 is 23.2 Å². The van der Waals surface area contributed by atoms with Crippen LogP contribution in [0.1, 0.15) is 30.9 Å². The van der Waals surface area contributed by atoms with Gasteiger partial charge in [-0.15, -0.1) is 0 Å². The average molecular weight is 288 g/mol. The van der Waals surface area contributed by atoms with Crippen LogP contribution in [-0.2, 0) is 4.74 Å². The maximum atomic E-state index is 6.26. The molecule has 1 fully saturated rings. The van der Waals surface area contributed by atoms with E-state index in [1.165, 1.54) is 0 Å². The van der Waals surface area contributed by atoms with Crippen LogP contribution in [0.4, 0.5) is 0 Å².